The summed E-state index contributed by atoms with van der Waals surface area (Å²) in [4.78, 5) is 0. The molecule has 1 N–H and O–H groups in total. The normalized spacial score (nSPS) is 31.1. The lowest BCUT2D eigenvalue weighted by molar-refractivity contribution is -0.0373. The maximum Gasteiger partial charge on any atom is 0.123 e. The highest BCUT2D eigenvalue weighted by molar-refractivity contribution is 5.35. The van der Waals surface area contributed by atoms with Gasteiger partial charge in [0.1, 0.15) is 17.7 Å². The second kappa shape index (κ2) is 6.36. The van der Waals surface area contributed by atoms with E-state index in [2.05, 4.69) is 0 Å². The summed E-state index contributed by atoms with van der Waals surface area (Å²) in [5, 5.41) is 9.81. The molecular weight excluding hydrogens is 322 g/mol. The van der Waals surface area contributed by atoms with Crippen LogP contribution in [0.1, 0.15) is 36.0 Å². The van der Waals surface area contributed by atoms with Crippen LogP contribution in [0.4, 0.5) is 8.78 Å². The lowest BCUT2D eigenvalue weighted by atomic mass is 9.80. The molecule has 2 aliphatic rings. The van der Waals surface area contributed by atoms with Gasteiger partial charge >= 0.3 is 0 Å². The first-order valence-electron chi connectivity index (χ1n) is 8.60. The maximum atomic E-state index is 13.5. The summed E-state index contributed by atoms with van der Waals surface area (Å²) in [6.45, 7) is 0.0611. The van der Waals surface area contributed by atoms with E-state index < -0.39 is 5.60 Å². The van der Waals surface area contributed by atoms with Gasteiger partial charge in [-0.1, -0.05) is 36.4 Å². The Balaban J connectivity index is 1.66. The molecule has 1 spiro atoms. The summed E-state index contributed by atoms with van der Waals surface area (Å²) >= 11 is 0. The molecular formula is C21H20F2O2. The molecule has 0 bridgehead atoms. The van der Waals surface area contributed by atoms with Crippen LogP contribution in [0.15, 0.2) is 60.7 Å². The fraction of sp³-hybridized carbons (Fsp3) is 0.333. The maximum absolute atomic E-state index is 13.5. The van der Waals surface area contributed by atoms with Crippen molar-refractivity contribution in [1.29, 1.82) is 0 Å². The molecule has 25 heavy (non-hydrogen) atoms. The number of hydrogen-bond acceptors (Lipinski definition) is 2. The molecule has 0 aromatic heterocycles. The van der Waals surface area contributed by atoms with Gasteiger partial charge in [0.25, 0.3) is 0 Å². The van der Waals surface area contributed by atoms with E-state index >= 15 is 0 Å². The topological polar surface area (TPSA) is 29.5 Å². The van der Waals surface area contributed by atoms with E-state index in [9.17, 15) is 13.9 Å². The van der Waals surface area contributed by atoms with E-state index in [4.69, 9.17) is 4.74 Å². The molecule has 0 saturated heterocycles. The first-order chi connectivity index (χ1) is 12.1. The van der Waals surface area contributed by atoms with Gasteiger partial charge in [0.15, 0.2) is 0 Å². The third-order valence-corrected chi connectivity index (χ3v) is 5.44. The first kappa shape index (κ1) is 16.4. The van der Waals surface area contributed by atoms with E-state index in [-0.39, 0.29) is 36.2 Å². The van der Waals surface area contributed by atoms with Crippen LogP contribution < -0.4 is 0 Å². The number of aliphatic hydroxyl groups excluding tert-OH is 1. The second-order valence-corrected chi connectivity index (χ2v) is 6.92. The van der Waals surface area contributed by atoms with Gasteiger partial charge < -0.3 is 9.84 Å². The summed E-state index contributed by atoms with van der Waals surface area (Å²) in [6, 6.07) is 12.8. The Morgan fingerprint density at radius 1 is 1.04 bits per heavy atom. The predicted molar refractivity (Wildman–Crippen MR) is 91.0 cm³/mol. The van der Waals surface area contributed by atoms with Crippen LogP contribution in [0.25, 0.3) is 0 Å². The zero-order valence-electron chi connectivity index (χ0n) is 13.7. The van der Waals surface area contributed by atoms with Crippen molar-refractivity contribution in [3.63, 3.8) is 0 Å². The summed E-state index contributed by atoms with van der Waals surface area (Å²) in [7, 11) is 0. The van der Waals surface area contributed by atoms with Gasteiger partial charge in [-0.3, -0.25) is 0 Å². The number of hydrogen-bond donors (Lipinski definition) is 1. The molecule has 1 fully saturated rings. The number of aliphatic hydroxyl groups is 1. The molecule has 1 aliphatic heterocycles. The molecule has 2 aromatic rings. The highest BCUT2D eigenvalue weighted by Crippen LogP contribution is 2.54. The van der Waals surface area contributed by atoms with Crippen molar-refractivity contribution < 1.29 is 18.6 Å². The minimum Gasteiger partial charge on any atom is -0.396 e. The molecule has 130 valence electrons. The van der Waals surface area contributed by atoms with Crippen LogP contribution in [0.5, 0.6) is 0 Å². The quantitative estimate of drug-likeness (QED) is 0.831. The monoisotopic (exact) mass is 342 g/mol. The smallest absolute Gasteiger partial charge is 0.123 e. The lowest BCUT2D eigenvalue weighted by Crippen LogP contribution is -2.33. The molecule has 2 aromatic carbocycles. The zero-order valence-corrected chi connectivity index (χ0v) is 13.7. The largest absolute Gasteiger partial charge is 0.396 e. The zero-order chi connectivity index (χ0) is 17.4. The second-order valence-electron chi connectivity index (χ2n) is 6.92. The van der Waals surface area contributed by atoms with Gasteiger partial charge in [0.2, 0.25) is 0 Å². The van der Waals surface area contributed by atoms with E-state index in [1.165, 1.54) is 24.3 Å². The summed E-state index contributed by atoms with van der Waals surface area (Å²) in [6.07, 6.45) is 5.31. The molecule has 0 amide bonds. The molecule has 0 radical (unpaired) electrons. The molecule has 1 saturated carbocycles. The van der Waals surface area contributed by atoms with Crippen LogP contribution in [-0.4, -0.2) is 17.3 Å². The molecule has 1 aliphatic carbocycles. The number of benzene rings is 2. The molecule has 1 unspecified atom stereocenters. The van der Waals surface area contributed by atoms with E-state index in [1.54, 1.807) is 18.2 Å². The molecule has 4 rings (SSSR count). The fourth-order valence-electron chi connectivity index (χ4n) is 4.30. The van der Waals surface area contributed by atoms with Crippen LogP contribution in [0.3, 0.4) is 0 Å². The summed E-state index contributed by atoms with van der Waals surface area (Å²) in [5.74, 6) is -0.559. The number of rotatable bonds is 3. The highest BCUT2D eigenvalue weighted by atomic mass is 19.1. The van der Waals surface area contributed by atoms with Gasteiger partial charge in [-0.05, 0) is 54.2 Å². The summed E-state index contributed by atoms with van der Waals surface area (Å²) < 4.78 is 33.2. The fourth-order valence-corrected chi connectivity index (χ4v) is 4.30. The number of halogens is 2. The predicted octanol–water partition coefficient (Wildman–Crippen LogP) is 4.52. The Hall–Kier alpha value is -2.04. The van der Waals surface area contributed by atoms with Crippen molar-refractivity contribution in [2.75, 3.05) is 6.61 Å². The van der Waals surface area contributed by atoms with Gasteiger partial charge in [-0.15, -0.1) is 0 Å². The number of ether oxygens (including phenoxy) is 1. The Labute approximate surface area is 145 Å². The van der Waals surface area contributed by atoms with Crippen molar-refractivity contribution in [3.8, 4) is 0 Å². The third kappa shape index (κ3) is 2.90. The van der Waals surface area contributed by atoms with Crippen LogP contribution in [0, 0.1) is 17.6 Å². The van der Waals surface area contributed by atoms with Gasteiger partial charge in [-0.25, -0.2) is 8.78 Å². The first-order valence-corrected chi connectivity index (χ1v) is 8.60. The van der Waals surface area contributed by atoms with Crippen LogP contribution in [-0.2, 0) is 4.74 Å². The van der Waals surface area contributed by atoms with E-state index in [0.29, 0.717) is 0 Å². The van der Waals surface area contributed by atoms with Gasteiger partial charge in [0.05, 0.1) is 5.60 Å². The minimum atomic E-state index is -0.539. The molecule has 1 heterocycles. The average molecular weight is 342 g/mol. The van der Waals surface area contributed by atoms with Crippen molar-refractivity contribution in [2.24, 2.45) is 5.92 Å². The SMILES string of the molecule is OC[C@H]1CC[C@@]2(C=CC(c3cccc(F)c3)O2)[C@@H]1c1ccc(F)cc1. The van der Waals surface area contributed by atoms with Crippen molar-refractivity contribution >= 4 is 0 Å². The van der Waals surface area contributed by atoms with Crippen LogP contribution >= 0.6 is 0 Å². The van der Waals surface area contributed by atoms with Crippen molar-refractivity contribution in [1.82, 2.24) is 0 Å². The Morgan fingerprint density at radius 2 is 1.84 bits per heavy atom. The van der Waals surface area contributed by atoms with Crippen LogP contribution in [0.2, 0.25) is 0 Å². The highest BCUT2D eigenvalue weighted by Gasteiger charge is 2.51. The summed E-state index contributed by atoms with van der Waals surface area (Å²) in [5.41, 5.74) is 1.20. The van der Waals surface area contributed by atoms with E-state index in [1.807, 2.05) is 18.2 Å². The minimum absolute atomic E-state index is 0.0482. The molecule has 2 nitrogen and oxygen atoms in total. The Bertz CT molecular complexity index is 787. The molecule has 4 atom stereocenters. The average Bonchev–Trinajstić information content (AvgIpc) is 3.20. The lowest BCUT2D eigenvalue weighted by Gasteiger charge is -2.34. The third-order valence-electron chi connectivity index (χ3n) is 5.44. The van der Waals surface area contributed by atoms with Gasteiger partial charge in [-0.2, -0.15) is 0 Å². The Kier molecular flexibility index (Phi) is 4.18. The van der Waals surface area contributed by atoms with Crippen molar-refractivity contribution in [2.45, 2.75) is 30.5 Å². The molecule has 4 heteroatoms. The van der Waals surface area contributed by atoms with Crippen molar-refractivity contribution in [3.05, 3.63) is 83.4 Å². The standard InChI is InChI=1S/C21H20F2O2/c22-17-6-4-14(5-7-17)20-16(13-24)8-10-21(20)11-9-19(25-21)15-2-1-3-18(23)12-15/h1-7,9,11-12,16,19-20,24H,8,10,13H2/t16-,19?,20-,21-/m1/s1. The Morgan fingerprint density at radius 3 is 2.56 bits per heavy atom. The van der Waals surface area contributed by atoms with Gasteiger partial charge in [0, 0.05) is 12.5 Å². The van der Waals surface area contributed by atoms with E-state index in [0.717, 1.165) is 24.0 Å².